The number of amides is 1. The molecule has 2 N–H and O–H groups in total. The van der Waals surface area contributed by atoms with Crippen molar-refractivity contribution in [2.45, 2.75) is 13.5 Å². The number of quaternary nitrogens is 1. The van der Waals surface area contributed by atoms with Crippen molar-refractivity contribution in [2.75, 3.05) is 51.3 Å². The number of hydrogen-bond donors (Lipinski definition) is 2. The van der Waals surface area contributed by atoms with Gasteiger partial charge in [-0.25, -0.2) is 4.39 Å². The zero-order chi connectivity index (χ0) is 20.8. The first-order valence-corrected chi connectivity index (χ1v) is 9.98. The Morgan fingerprint density at radius 1 is 1.21 bits per heavy atom. The zero-order valence-corrected chi connectivity index (χ0v) is 17.0. The van der Waals surface area contributed by atoms with Gasteiger partial charge in [-0.15, -0.1) is 0 Å². The number of hydrogen-bond acceptors (Lipinski definition) is 4. The molecule has 0 unspecified atom stereocenters. The van der Waals surface area contributed by atoms with Crippen LogP contribution >= 0.6 is 0 Å². The largest absolute Gasteiger partial charge is 0.508 e. The molecule has 0 spiro atoms. The molecule has 156 valence electrons. The minimum Gasteiger partial charge on any atom is -0.508 e. The topological polar surface area (TPSA) is 57.5 Å². The fourth-order valence-electron chi connectivity index (χ4n) is 3.65. The Morgan fingerprint density at radius 3 is 2.48 bits per heavy atom. The Labute approximate surface area is 171 Å². The maximum atomic E-state index is 13.9. The molecule has 1 saturated heterocycles. The van der Waals surface area contributed by atoms with Crippen molar-refractivity contribution < 1.29 is 23.9 Å². The van der Waals surface area contributed by atoms with Gasteiger partial charge in [0.25, 0.3) is 5.91 Å². The van der Waals surface area contributed by atoms with E-state index in [0.717, 1.165) is 37.4 Å². The molecule has 29 heavy (non-hydrogen) atoms. The Kier molecular flexibility index (Phi) is 6.93. The second-order valence-corrected chi connectivity index (χ2v) is 7.31. The summed E-state index contributed by atoms with van der Waals surface area (Å²) in [6.07, 6.45) is 0. The Hall–Kier alpha value is -2.80. The van der Waals surface area contributed by atoms with Crippen molar-refractivity contribution >= 4 is 11.6 Å². The summed E-state index contributed by atoms with van der Waals surface area (Å²) in [6.45, 7) is 6.84. The third-order valence-corrected chi connectivity index (χ3v) is 5.41. The molecule has 0 aliphatic carbocycles. The van der Waals surface area contributed by atoms with Gasteiger partial charge in [-0.05, 0) is 48.9 Å². The van der Waals surface area contributed by atoms with Crippen molar-refractivity contribution in [3.8, 4) is 11.5 Å². The molecule has 1 heterocycles. The molecule has 1 amide bonds. The van der Waals surface area contributed by atoms with Crippen LogP contribution in [-0.2, 0) is 11.3 Å². The number of nitrogens with one attached hydrogen (secondary N) is 1. The molecule has 0 atom stereocenters. The molecule has 1 aliphatic heterocycles. The van der Waals surface area contributed by atoms with Gasteiger partial charge in [-0.2, -0.15) is 0 Å². The van der Waals surface area contributed by atoms with Crippen molar-refractivity contribution in [1.29, 1.82) is 0 Å². The smallest absolute Gasteiger partial charge is 0.278 e. The molecular weight excluding hydrogens is 373 g/mol. The number of phenolic OH excluding ortho intramolecular Hbond substituents is 1. The lowest BCUT2D eigenvalue weighted by atomic mass is 10.2. The number of halogens is 1. The van der Waals surface area contributed by atoms with Crippen LogP contribution in [0.1, 0.15) is 12.5 Å². The number of aromatic hydroxyl groups is 1. The monoisotopic (exact) mass is 402 g/mol. The molecule has 3 rings (SSSR count). The van der Waals surface area contributed by atoms with Gasteiger partial charge in [0.05, 0.1) is 33.3 Å². The Morgan fingerprint density at radius 2 is 1.90 bits per heavy atom. The van der Waals surface area contributed by atoms with Crippen LogP contribution in [-0.4, -0.2) is 62.3 Å². The van der Waals surface area contributed by atoms with Crippen LogP contribution in [0.15, 0.2) is 42.5 Å². The standard InChI is InChI=1S/C22H28FN3O3/c1-3-25(15-17-4-9-21(29-2)20(23)14-17)22(28)16-24-10-12-26(13-11-24)18-5-7-19(27)8-6-18/h4-9,14,27H,3,10-13,15-16H2,1-2H3/p+1. The zero-order valence-electron chi connectivity index (χ0n) is 17.0. The lowest BCUT2D eigenvalue weighted by molar-refractivity contribution is -0.892. The van der Waals surface area contributed by atoms with E-state index in [2.05, 4.69) is 4.90 Å². The molecule has 0 bridgehead atoms. The summed E-state index contributed by atoms with van der Waals surface area (Å²) in [6, 6.07) is 12.0. The van der Waals surface area contributed by atoms with Gasteiger partial charge in [-0.1, -0.05) is 6.07 Å². The number of rotatable bonds is 7. The number of ether oxygens (including phenoxy) is 1. The molecule has 1 fully saturated rings. The summed E-state index contributed by atoms with van der Waals surface area (Å²) in [4.78, 5) is 18.1. The van der Waals surface area contributed by atoms with E-state index >= 15 is 0 Å². The minimum absolute atomic E-state index is 0.0804. The summed E-state index contributed by atoms with van der Waals surface area (Å²) in [7, 11) is 1.43. The highest BCUT2D eigenvalue weighted by Crippen LogP contribution is 2.19. The number of benzene rings is 2. The number of carbonyl (C=O) groups is 1. The van der Waals surface area contributed by atoms with Gasteiger partial charge in [0, 0.05) is 18.8 Å². The molecule has 6 nitrogen and oxygen atoms in total. The SMILES string of the molecule is CCN(Cc1ccc(OC)c(F)c1)C(=O)C[NH+]1CCN(c2ccc(O)cc2)CC1. The van der Waals surface area contributed by atoms with Crippen LogP contribution in [0.2, 0.25) is 0 Å². The van der Waals surface area contributed by atoms with Gasteiger partial charge in [-0.3, -0.25) is 4.79 Å². The first-order valence-electron chi connectivity index (χ1n) is 9.98. The predicted molar refractivity (Wildman–Crippen MR) is 110 cm³/mol. The maximum Gasteiger partial charge on any atom is 0.278 e. The lowest BCUT2D eigenvalue weighted by Crippen LogP contribution is -3.15. The summed E-state index contributed by atoms with van der Waals surface area (Å²) in [5.74, 6) is 0.139. The Balaban J connectivity index is 1.52. The summed E-state index contributed by atoms with van der Waals surface area (Å²) < 4.78 is 18.9. The van der Waals surface area contributed by atoms with Gasteiger partial charge < -0.3 is 24.5 Å². The number of phenols is 1. The van der Waals surface area contributed by atoms with Crippen molar-refractivity contribution in [2.24, 2.45) is 0 Å². The predicted octanol–water partition coefficient (Wildman–Crippen LogP) is 1.29. The molecule has 0 saturated carbocycles. The van der Waals surface area contributed by atoms with Crippen LogP contribution < -0.4 is 14.5 Å². The molecule has 2 aromatic carbocycles. The first-order chi connectivity index (χ1) is 14.0. The number of piperazine rings is 1. The number of nitrogens with zero attached hydrogens (tertiary/aromatic N) is 2. The molecular formula is C22H29FN3O3+. The number of anilines is 1. The average molecular weight is 402 g/mol. The Bertz CT molecular complexity index is 821. The second-order valence-electron chi connectivity index (χ2n) is 7.31. The van der Waals surface area contributed by atoms with E-state index in [1.54, 1.807) is 29.2 Å². The molecule has 2 aromatic rings. The molecule has 0 aromatic heterocycles. The number of carbonyl (C=O) groups excluding carboxylic acids is 1. The minimum atomic E-state index is -0.413. The number of likely N-dealkylation sites (N-methyl/N-ethyl adjacent to an activating group) is 1. The summed E-state index contributed by atoms with van der Waals surface area (Å²) in [5.41, 5.74) is 1.84. The van der Waals surface area contributed by atoms with Crippen molar-refractivity contribution in [1.82, 2.24) is 4.90 Å². The van der Waals surface area contributed by atoms with Gasteiger partial charge in [0.15, 0.2) is 18.1 Å². The highest BCUT2D eigenvalue weighted by Gasteiger charge is 2.24. The van der Waals surface area contributed by atoms with Gasteiger partial charge >= 0.3 is 0 Å². The summed E-state index contributed by atoms with van der Waals surface area (Å²) >= 11 is 0. The highest BCUT2D eigenvalue weighted by molar-refractivity contribution is 5.77. The maximum absolute atomic E-state index is 13.9. The van der Waals surface area contributed by atoms with E-state index in [9.17, 15) is 14.3 Å². The fraction of sp³-hybridized carbons (Fsp3) is 0.409. The molecule has 0 radical (unpaired) electrons. The van der Waals surface area contributed by atoms with Crippen LogP contribution in [0, 0.1) is 5.82 Å². The quantitative estimate of drug-likeness (QED) is 0.733. The lowest BCUT2D eigenvalue weighted by Gasteiger charge is -2.34. The van der Waals surface area contributed by atoms with Crippen LogP contribution in [0.4, 0.5) is 10.1 Å². The van der Waals surface area contributed by atoms with Crippen LogP contribution in [0.3, 0.4) is 0 Å². The molecule has 1 aliphatic rings. The van der Waals surface area contributed by atoms with Gasteiger partial charge in [0.2, 0.25) is 0 Å². The van der Waals surface area contributed by atoms with Crippen LogP contribution in [0.25, 0.3) is 0 Å². The van der Waals surface area contributed by atoms with Crippen molar-refractivity contribution in [3.63, 3.8) is 0 Å². The second kappa shape index (κ2) is 9.60. The van der Waals surface area contributed by atoms with E-state index in [1.165, 1.54) is 18.1 Å². The van der Waals surface area contributed by atoms with E-state index in [4.69, 9.17) is 4.74 Å². The van der Waals surface area contributed by atoms with E-state index in [1.807, 2.05) is 19.1 Å². The summed E-state index contributed by atoms with van der Waals surface area (Å²) in [5, 5.41) is 9.43. The van der Waals surface area contributed by atoms with E-state index < -0.39 is 5.82 Å². The molecule has 7 heteroatoms. The van der Waals surface area contributed by atoms with E-state index in [0.29, 0.717) is 19.6 Å². The fourth-order valence-corrected chi connectivity index (χ4v) is 3.65. The number of methoxy groups -OCH3 is 1. The van der Waals surface area contributed by atoms with Crippen molar-refractivity contribution in [3.05, 3.63) is 53.8 Å². The average Bonchev–Trinajstić information content (AvgIpc) is 2.73. The highest BCUT2D eigenvalue weighted by atomic mass is 19.1. The van der Waals surface area contributed by atoms with Crippen LogP contribution in [0.5, 0.6) is 11.5 Å². The third-order valence-electron chi connectivity index (χ3n) is 5.41. The van der Waals surface area contributed by atoms with E-state index in [-0.39, 0.29) is 17.4 Å². The third kappa shape index (κ3) is 5.38. The van der Waals surface area contributed by atoms with Gasteiger partial charge in [0.1, 0.15) is 5.75 Å². The first kappa shape index (κ1) is 20.9. The normalized spacial score (nSPS) is 14.7.